The Balaban J connectivity index is 2.22. The summed E-state index contributed by atoms with van der Waals surface area (Å²) in [5, 5.41) is 11.9. The molecule has 0 spiro atoms. The molecule has 1 aromatic carbocycles. The van der Waals surface area contributed by atoms with E-state index in [2.05, 4.69) is 5.32 Å². The van der Waals surface area contributed by atoms with Gasteiger partial charge in [0.25, 0.3) is 0 Å². The van der Waals surface area contributed by atoms with Gasteiger partial charge in [-0.15, -0.1) is 0 Å². The number of ether oxygens (including phenoxy) is 1. The number of halogens is 1. The summed E-state index contributed by atoms with van der Waals surface area (Å²) in [6.07, 6.45) is 0.577. The van der Waals surface area contributed by atoms with E-state index in [1.807, 2.05) is 0 Å². The number of carbonyl (C=O) groups excluding carboxylic acids is 2. The number of esters is 1. The zero-order chi connectivity index (χ0) is 15.8. The first kappa shape index (κ1) is 15.3. The Bertz CT molecular complexity index is 592. The van der Waals surface area contributed by atoms with E-state index < -0.39 is 35.0 Å². The van der Waals surface area contributed by atoms with Crippen molar-refractivity contribution >= 4 is 17.6 Å². The molecular weight excluding hydrogens is 277 g/mol. The lowest BCUT2D eigenvalue weighted by Gasteiger charge is -2.22. The van der Waals surface area contributed by atoms with Gasteiger partial charge < -0.3 is 15.2 Å². The Morgan fingerprint density at radius 1 is 1.43 bits per heavy atom. The highest BCUT2D eigenvalue weighted by Gasteiger charge is 2.33. The number of amides is 1. The summed E-state index contributed by atoms with van der Waals surface area (Å²) in [6.45, 7) is 5.17. The largest absolute Gasteiger partial charge is 0.505 e. The number of fused-ring (bicyclic) bond motifs is 1. The lowest BCUT2D eigenvalue weighted by atomic mass is 10.00. The third kappa shape index (κ3) is 3.51. The van der Waals surface area contributed by atoms with Crippen LogP contribution in [-0.4, -0.2) is 22.6 Å². The molecule has 1 aliphatic heterocycles. The molecule has 0 saturated carbocycles. The second-order valence-corrected chi connectivity index (χ2v) is 6.07. The average Bonchev–Trinajstić information content (AvgIpc) is 2.47. The predicted molar refractivity (Wildman–Crippen MR) is 74.4 cm³/mol. The standard InChI is InChI=1S/C15H18FNO4/c1-15(2,3)21-14(20)9-5-4-8-6-10(16)12(18)7-11(8)17-13(9)19/h6-7,9,18H,4-5H2,1-3H3,(H,17,19). The van der Waals surface area contributed by atoms with Gasteiger partial charge in [0.05, 0.1) is 0 Å². The molecule has 1 aromatic rings. The van der Waals surface area contributed by atoms with E-state index in [0.29, 0.717) is 17.7 Å². The Kier molecular flexibility index (Phi) is 3.89. The Morgan fingerprint density at radius 3 is 2.71 bits per heavy atom. The van der Waals surface area contributed by atoms with Crippen LogP contribution in [0.15, 0.2) is 12.1 Å². The molecule has 0 aliphatic carbocycles. The van der Waals surface area contributed by atoms with Gasteiger partial charge in [-0.1, -0.05) is 0 Å². The lowest BCUT2D eigenvalue weighted by molar-refractivity contribution is -0.161. The first-order valence-corrected chi connectivity index (χ1v) is 6.72. The number of rotatable bonds is 1. The van der Waals surface area contributed by atoms with Crippen molar-refractivity contribution in [3.05, 3.63) is 23.5 Å². The molecule has 1 unspecified atom stereocenters. The molecule has 0 saturated heterocycles. The minimum atomic E-state index is -0.943. The van der Waals surface area contributed by atoms with E-state index in [1.165, 1.54) is 6.07 Å². The molecule has 1 aliphatic rings. The fourth-order valence-electron chi connectivity index (χ4n) is 2.17. The molecule has 1 heterocycles. The molecule has 2 rings (SSSR count). The molecule has 114 valence electrons. The third-order valence-corrected chi connectivity index (χ3v) is 3.14. The summed E-state index contributed by atoms with van der Waals surface area (Å²) in [5.41, 5.74) is 0.190. The van der Waals surface area contributed by atoms with Crippen molar-refractivity contribution in [2.24, 2.45) is 5.92 Å². The number of aryl methyl sites for hydroxylation is 1. The fourth-order valence-corrected chi connectivity index (χ4v) is 2.17. The fraction of sp³-hybridized carbons (Fsp3) is 0.467. The molecule has 1 amide bonds. The van der Waals surface area contributed by atoms with Crippen LogP contribution >= 0.6 is 0 Å². The number of phenols is 1. The van der Waals surface area contributed by atoms with Gasteiger partial charge >= 0.3 is 5.97 Å². The first-order valence-electron chi connectivity index (χ1n) is 6.72. The number of anilines is 1. The van der Waals surface area contributed by atoms with Crippen LogP contribution in [0.1, 0.15) is 32.8 Å². The highest BCUT2D eigenvalue weighted by molar-refractivity contribution is 6.05. The number of aromatic hydroxyl groups is 1. The van der Waals surface area contributed by atoms with Crippen LogP contribution in [0.3, 0.4) is 0 Å². The Morgan fingerprint density at radius 2 is 2.10 bits per heavy atom. The highest BCUT2D eigenvalue weighted by Crippen LogP contribution is 2.30. The maximum atomic E-state index is 13.4. The molecule has 0 bridgehead atoms. The van der Waals surface area contributed by atoms with Crippen LogP contribution in [0.2, 0.25) is 0 Å². The second kappa shape index (κ2) is 5.35. The van der Waals surface area contributed by atoms with E-state index in [4.69, 9.17) is 4.74 Å². The summed E-state index contributed by atoms with van der Waals surface area (Å²) in [5.74, 6) is -3.34. The molecule has 5 nitrogen and oxygen atoms in total. The lowest BCUT2D eigenvalue weighted by Crippen LogP contribution is -2.35. The zero-order valence-corrected chi connectivity index (χ0v) is 12.2. The number of benzene rings is 1. The molecule has 1 atom stereocenters. The second-order valence-electron chi connectivity index (χ2n) is 6.07. The molecule has 0 radical (unpaired) electrons. The van der Waals surface area contributed by atoms with Gasteiger partial charge in [-0.05, 0) is 45.2 Å². The predicted octanol–water partition coefficient (Wildman–Crippen LogP) is 2.37. The average molecular weight is 295 g/mol. The van der Waals surface area contributed by atoms with Gasteiger partial charge in [-0.2, -0.15) is 0 Å². The van der Waals surface area contributed by atoms with E-state index in [0.717, 1.165) is 6.07 Å². The molecule has 2 N–H and O–H groups in total. The molecule has 0 fully saturated rings. The van der Waals surface area contributed by atoms with E-state index in [1.54, 1.807) is 20.8 Å². The van der Waals surface area contributed by atoms with E-state index in [-0.39, 0.29) is 6.42 Å². The number of hydrogen-bond acceptors (Lipinski definition) is 4. The smallest absolute Gasteiger partial charge is 0.319 e. The maximum absolute atomic E-state index is 13.4. The molecular formula is C15H18FNO4. The van der Waals surface area contributed by atoms with E-state index >= 15 is 0 Å². The molecule has 21 heavy (non-hydrogen) atoms. The van der Waals surface area contributed by atoms with Crippen LogP contribution in [0.5, 0.6) is 5.75 Å². The summed E-state index contributed by atoms with van der Waals surface area (Å²) >= 11 is 0. The SMILES string of the molecule is CC(C)(C)OC(=O)C1CCc2cc(F)c(O)cc2NC1=O. The number of phenolic OH excluding ortho intramolecular Hbond substituents is 1. The molecule has 6 heteroatoms. The van der Waals surface area contributed by atoms with Crippen molar-refractivity contribution in [2.75, 3.05) is 5.32 Å². The van der Waals surface area contributed by atoms with Crippen molar-refractivity contribution in [3.63, 3.8) is 0 Å². The van der Waals surface area contributed by atoms with Crippen LogP contribution < -0.4 is 5.32 Å². The van der Waals surface area contributed by atoms with Gasteiger partial charge in [0.15, 0.2) is 11.6 Å². The van der Waals surface area contributed by atoms with Crippen molar-refractivity contribution in [1.29, 1.82) is 0 Å². The summed E-state index contributed by atoms with van der Waals surface area (Å²) < 4.78 is 18.6. The van der Waals surface area contributed by atoms with Crippen LogP contribution in [0.4, 0.5) is 10.1 Å². The van der Waals surface area contributed by atoms with Crippen LogP contribution in [0.25, 0.3) is 0 Å². The van der Waals surface area contributed by atoms with Crippen molar-refractivity contribution in [3.8, 4) is 5.75 Å². The van der Waals surface area contributed by atoms with Gasteiger partial charge in [0.2, 0.25) is 5.91 Å². The highest BCUT2D eigenvalue weighted by atomic mass is 19.1. The van der Waals surface area contributed by atoms with Crippen molar-refractivity contribution in [1.82, 2.24) is 0 Å². The minimum absolute atomic E-state index is 0.234. The topological polar surface area (TPSA) is 75.6 Å². The van der Waals surface area contributed by atoms with Crippen LogP contribution in [-0.2, 0) is 20.7 Å². The summed E-state index contributed by atoms with van der Waals surface area (Å²) in [4.78, 5) is 24.2. The van der Waals surface area contributed by atoms with E-state index in [9.17, 15) is 19.1 Å². The van der Waals surface area contributed by atoms with Crippen LogP contribution in [0, 0.1) is 11.7 Å². The van der Waals surface area contributed by atoms with Gasteiger partial charge in [-0.25, -0.2) is 4.39 Å². The Labute approximate surface area is 122 Å². The number of hydrogen-bond donors (Lipinski definition) is 2. The summed E-state index contributed by atoms with van der Waals surface area (Å²) in [6, 6.07) is 2.32. The monoisotopic (exact) mass is 295 g/mol. The third-order valence-electron chi connectivity index (χ3n) is 3.14. The number of nitrogens with one attached hydrogen (secondary N) is 1. The van der Waals surface area contributed by atoms with Gasteiger partial charge in [0, 0.05) is 11.8 Å². The quantitative estimate of drug-likeness (QED) is 0.616. The van der Waals surface area contributed by atoms with Crippen molar-refractivity contribution in [2.45, 2.75) is 39.2 Å². The zero-order valence-electron chi connectivity index (χ0n) is 12.2. The van der Waals surface area contributed by atoms with Crippen molar-refractivity contribution < 1.29 is 23.8 Å². The normalized spacial score (nSPS) is 18.5. The van der Waals surface area contributed by atoms with Gasteiger partial charge in [-0.3, -0.25) is 9.59 Å². The molecule has 0 aromatic heterocycles. The minimum Gasteiger partial charge on any atom is -0.505 e. The maximum Gasteiger partial charge on any atom is 0.319 e. The van der Waals surface area contributed by atoms with Gasteiger partial charge in [0.1, 0.15) is 11.5 Å². The number of carbonyl (C=O) groups is 2. The first-order chi connectivity index (χ1) is 9.67. The Hall–Kier alpha value is -2.11. The summed E-state index contributed by atoms with van der Waals surface area (Å²) in [7, 11) is 0.